The van der Waals surface area contributed by atoms with E-state index in [-0.39, 0.29) is 0 Å². The summed E-state index contributed by atoms with van der Waals surface area (Å²) in [5.74, 6) is -1.60. The van der Waals surface area contributed by atoms with Crippen LogP contribution >= 0.6 is 0 Å². The maximum Gasteiger partial charge on any atom is 0.431 e. The quantitative estimate of drug-likeness (QED) is 0.634. The summed E-state index contributed by atoms with van der Waals surface area (Å²) in [6.07, 6.45) is -2.85. The Morgan fingerprint density at radius 3 is 2.48 bits per heavy atom. The number of aromatic nitrogens is 1. The Labute approximate surface area is 118 Å². The van der Waals surface area contributed by atoms with Crippen LogP contribution in [0.4, 0.5) is 23.2 Å². The number of nitrogens with zero attached hydrogens (tertiary/aromatic N) is 3. The Kier molecular flexibility index (Phi) is 4.26. The zero-order valence-electron chi connectivity index (χ0n) is 11.1. The maximum atomic E-state index is 13.9. The van der Waals surface area contributed by atoms with Crippen LogP contribution in [0.15, 0.2) is 42.3 Å². The van der Waals surface area contributed by atoms with Crippen molar-refractivity contribution in [1.29, 1.82) is 0 Å². The monoisotopic (exact) mass is 303 g/mol. The summed E-state index contributed by atoms with van der Waals surface area (Å²) in [5, 5.41) is 4.62. The second-order valence-corrected chi connectivity index (χ2v) is 4.37. The Morgan fingerprint density at radius 1 is 1.38 bits per heavy atom. The van der Waals surface area contributed by atoms with Crippen LogP contribution in [0, 0.1) is 5.92 Å². The van der Waals surface area contributed by atoms with E-state index in [9.17, 15) is 17.6 Å². The Balaban J connectivity index is 2.47. The van der Waals surface area contributed by atoms with Crippen LogP contribution in [-0.2, 0) is 4.74 Å². The molecule has 0 fully saturated rings. The van der Waals surface area contributed by atoms with Gasteiger partial charge in [0.15, 0.2) is 5.71 Å². The van der Waals surface area contributed by atoms with Crippen molar-refractivity contribution in [2.75, 3.05) is 12.1 Å². The van der Waals surface area contributed by atoms with E-state index in [0.717, 1.165) is 12.1 Å². The molecule has 0 amide bonds. The van der Waals surface area contributed by atoms with Crippen LogP contribution in [-0.4, -0.2) is 36.4 Å². The molecule has 1 aliphatic rings. The lowest BCUT2D eigenvalue weighted by Gasteiger charge is -2.26. The second-order valence-electron chi connectivity index (χ2n) is 4.37. The van der Waals surface area contributed by atoms with Gasteiger partial charge in [0.2, 0.25) is 6.36 Å². The van der Waals surface area contributed by atoms with E-state index < -0.39 is 30.2 Å². The van der Waals surface area contributed by atoms with Gasteiger partial charge in [0.25, 0.3) is 0 Å². The summed E-state index contributed by atoms with van der Waals surface area (Å²) < 4.78 is 57.5. The van der Waals surface area contributed by atoms with Crippen molar-refractivity contribution in [2.45, 2.75) is 18.6 Å². The van der Waals surface area contributed by atoms with Gasteiger partial charge in [0.1, 0.15) is 0 Å². The molecule has 0 bridgehead atoms. The summed E-state index contributed by atoms with van der Waals surface area (Å²) in [6.45, 7) is 3.48. The summed E-state index contributed by atoms with van der Waals surface area (Å²) in [6, 6.07) is 1.96. The molecule has 0 aliphatic carbocycles. The van der Waals surface area contributed by atoms with Crippen LogP contribution in [0.1, 0.15) is 0 Å². The number of anilines is 1. The molecule has 0 N–H and O–H groups in total. The van der Waals surface area contributed by atoms with Gasteiger partial charge in [-0.05, 0) is 12.1 Å². The first-order valence-electron chi connectivity index (χ1n) is 6.04. The predicted molar refractivity (Wildman–Crippen MR) is 69.6 cm³/mol. The highest BCUT2D eigenvalue weighted by Gasteiger charge is 2.53. The molecule has 0 saturated heterocycles. The molecule has 114 valence electrons. The van der Waals surface area contributed by atoms with E-state index in [4.69, 9.17) is 0 Å². The molecule has 0 aromatic carbocycles. The Hall–Kier alpha value is -1.96. The van der Waals surface area contributed by atoms with E-state index in [1.165, 1.54) is 30.6 Å². The molecule has 2 heterocycles. The highest BCUT2D eigenvalue weighted by atomic mass is 19.4. The molecule has 1 aliphatic heterocycles. The van der Waals surface area contributed by atoms with Gasteiger partial charge in [-0.3, -0.25) is 9.99 Å². The molecule has 3 atom stereocenters. The fourth-order valence-electron chi connectivity index (χ4n) is 2.21. The molecule has 1 aromatic heterocycles. The Bertz CT molecular complexity index is 532. The number of halogens is 4. The number of hydrazone groups is 1. The van der Waals surface area contributed by atoms with Crippen LogP contribution in [0.3, 0.4) is 0 Å². The highest BCUT2D eigenvalue weighted by molar-refractivity contribution is 5.96. The molecule has 21 heavy (non-hydrogen) atoms. The minimum Gasteiger partial charge on any atom is -0.351 e. The number of ether oxygens (including phenoxy) is 1. The van der Waals surface area contributed by atoms with E-state index in [1.807, 2.05) is 0 Å². The fraction of sp³-hybridized carbons (Fsp3) is 0.385. The average Bonchev–Trinajstić information content (AvgIpc) is 2.86. The lowest BCUT2D eigenvalue weighted by molar-refractivity contribution is -0.0782. The number of hydrogen-bond acceptors (Lipinski definition) is 4. The number of pyridine rings is 1. The summed E-state index contributed by atoms with van der Waals surface area (Å²) in [7, 11) is 1.01. The van der Waals surface area contributed by atoms with Crippen molar-refractivity contribution < 1.29 is 22.3 Å². The van der Waals surface area contributed by atoms with E-state index in [1.54, 1.807) is 0 Å². The topological polar surface area (TPSA) is 37.7 Å². The van der Waals surface area contributed by atoms with Crippen molar-refractivity contribution in [3.05, 3.63) is 37.2 Å². The van der Waals surface area contributed by atoms with Gasteiger partial charge in [-0.2, -0.15) is 18.3 Å². The van der Waals surface area contributed by atoms with Gasteiger partial charge in [-0.15, -0.1) is 6.58 Å². The van der Waals surface area contributed by atoms with Gasteiger partial charge >= 0.3 is 6.18 Å². The van der Waals surface area contributed by atoms with E-state index >= 15 is 0 Å². The largest absolute Gasteiger partial charge is 0.431 e. The van der Waals surface area contributed by atoms with Gasteiger partial charge < -0.3 is 4.74 Å². The molecule has 4 nitrogen and oxygen atoms in total. The Morgan fingerprint density at radius 2 is 2.00 bits per heavy atom. The average molecular weight is 303 g/mol. The lowest BCUT2D eigenvalue weighted by Crippen LogP contribution is -2.42. The number of rotatable bonds is 4. The van der Waals surface area contributed by atoms with Crippen molar-refractivity contribution in [2.24, 2.45) is 11.0 Å². The molecule has 0 spiro atoms. The minimum absolute atomic E-state index is 0.363. The third-order valence-corrected chi connectivity index (χ3v) is 3.15. The molecular formula is C13H13F4N3O. The lowest BCUT2D eigenvalue weighted by atomic mass is 9.94. The van der Waals surface area contributed by atoms with Crippen LogP contribution < -0.4 is 5.01 Å². The molecular weight excluding hydrogens is 290 g/mol. The third kappa shape index (κ3) is 2.90. The number of hydrogen-bond donors (Lipinski definition) is 0. The van der Waals surface area contributed by atoms with E-state index in [0.29, 0.717) is 5.69 Å². The number of alkyl halides is 4. The first kappa shape index (κ1) is 15.4. The predicted octanol–water partition coefficient (Wildman–Crippen LogP) is 2.93. The van der Waals surface area contributed by atoms with Crippen molar-refractivity contribution in [3.63, 3.8) is 0 Å². The second kappa shape index (κ2) is 5.80. The SMILES string of the molecule is C=CC1C(C(F)OC)C(C(F)(F)F)=NN1c1ccncc1. The molecule has 0 radical (unpaired) electrons. The normalized spacial score (nSPS) is 23.9. The van der Waals surface area contributed by atoms with Crippen LogP contribution in [0.2, 0.25) is 0 Å². The van der Waals surface area contributed by atoms with Gasteiger partial charge in [0.05, 0.1) is 17.6 Å². The minimum atomic E-state index is -4.75. The van der Waals surface area contributed by atoms with Crippen LogP contribution in [0.5, 0.6) is 0 Å². The van der Waals surface area contributed by atoms with Gasteiger partial charge in [0, 0.05) is 19.5 Å². The molecule has 3 unspecified atom stereocenters. The fourth-order valence-corrected chi connectivity index (χ4v) is 2.21. The molecule has 0 saturated carbocycles. The smallest absolute Gasteiger partial charge is 0.351 e. The van der Waals surface area contributed by atoms with Crippen molar-refractivity contribution in [1.82, 2.24) is 4.98 Å². The van der Waals surface area contributed by atoms with Crippen molar-refractivity contribution >= 4 is 11.4 Å². The maximum absolute atomic E-state index is 13.9. The van der Waals surface area contributed by atoms with Gasteiger partial charge in [-0.1, -0.05) is 6.08 Å². The zero-order chi connectivity index (χ0) is 15.6. The highest BCUT2D eigenvalue weighted by Crippen LogP contribution is 2.37. The van der Waals surface area contributed by atoms with Gasteiger partial charge in [-0.25, -0.2) is 4.39 Å². The molecule has 8 heteroatoms. The van der Waals surface area contributed by atoms with E-state index in [2.05, 4.69) is 21.4 Å². The molecule has 2 rings (SSSR count). The van der Waals surface area contributed by atoms with Crippen molar-refractivity contribution in [3.8, 4) is 0 Å². The third-order valence-electron chi connectivity index (χ3n) is 3.15. The number of methoxy groups -OCH3 is 1. The summed E-state index contributed by atoms with van der Waals surface area (Å²) in [5.41, 5.74) is -0.860. The first-order chi connectivity index (χ1) is 9.90. The standard InChI is InChI=1S/C13H13F4N3O/c1-3-9-10(12(14)21-2)11(13(15,16)17)19-20(9)8-4-6-18-7-5-8/h3-7,9-10,12H,1H2,2H3. The zero-order valence-corrected chi connectivity index (χ0v) is 11.1. The van der Waals surface area contributed by atoms with Crippen LogP contribution in [0.25, 0.3) is 0 Å². The summed E-state index contributed by atoms with van der Waals surface area (Å²) >= 11 is 0. The molecule has 1 aromatic rings. The first-order valence-corrected chi connectivity index (χ1v) is 6.04. The summed E-state index contributed by atoms with van der Waals surface area (Å²) in [4.78, 5) is 3.78.